The zero-order valence-corrected chi connectivity index (χ0v) is 18.9. The second kappa shape index (κ2) is 7.06. The Kier molecular flexibility index (Phi) is 3.99. The molecule has 0 aliphatic carbocycles. The van der Waals surface area contributed by atoms with E-state index >= 15 is 0 Å². The lowest BCUT2D eigenvalue weighted by atomic mass is 9.99. The van der Waals surface area contributed by atoms with Crippen LogP contribution in [0.1, 0.15) is 5.56 Å². The van der Waals surface area contributed by atoms with E-state index in [-0.39, 0.29) is 0 Å². The van der Waals surface area contributed by atoms with Crippen LogP contribution < -0.4 is 0 Å². The first-order valence-electron chi connectivity index (χ1n) is 11.2. The SMILES string of the molecule is Cc1ccc(-c2cccc3c2sc2c(-c4cccc5c4oc4ccccc45)cccc23)cc1. The minimum absolute atomic E-state index is 0.935. The van der Waals surface area contributed by atoms with Crippen molar-refractivity contribution in [1.82, 2.24) is 0 Å². The van der Waals surface area contributed by atoms with Crippen molar-refractivity contribution in [1.29, 1.82) is 0 Å². The Morgan fingerprint density at radius 1 is 0.515 bits per heavy atom. The Balaban J connectivity index is 1.54. The highest BCUT2D eigenvalue weighted by Crippen LogP contribution is 2.45. The summed E-state index contributed by atoms with van der Waals surface area (Å²) < 4.78 is 9.01. The van der Waals surface area contributed by atoms with Gasteiger partial charge in [0.1, 0.15) is 11.2 Å². The highest BCUT2D eigenvalue weighted by Gasteiger charge is 2.17. The van der Waals surface area contributed by atoms with E-state index in [9.17, 15) is 0 Å². The van der Waals surface area contributed by atoms with Gasteiger partial charge in [-0.1, -0.05) is 103 Å². The van der Waals surface area contributed by atoms with Gasteiger partial charge >= 0.3 is 0 Å². The van der Waals surface area contributed by atoms with Gasteiger partial charge in [-0.3, -0.25) is 0 Å². The minimum Gasteiger partial charge on any atom is -0.455 e. The van der Waals surface area contributed by atoms with Crippen LogP contribution in [0.4, 0.5) is 0 Å². The summed E-state index contributed by atoms with van der Waals surface area (Å²) in [5.41, 5.74) is 8.11. The lowest BCUT2D eigenvalue weighted by Gasteiger charge is -2.04. The van der Waals surface area contributed by atoms with Crippen LogP contribution in [0, 0.1) is 6.92 Å². The average molecular weight is 441 g/mol. The van der Waals surface area contributed by atoms with E-state index in [0.29, 0.717) is 0 Å². The lowest BCUT2D eigenvalue weighted by Crippen LogP contribution is -1.79. The number of furan rings is 1. The van der Waals surface area contributed by atoms with Gasteiger partial charge < -0.3 is 4.42 Å². The molecule has 5 aromatic carbocycles. The molecule has 0 unspecified atom stereocenters. The van der Waals surface area contributed by atoms with E-state index < -0.39 is 0 Å². The van der Waals surface area contributed by atoms with Crippen molar-refractivity contribution in [2.75, 3.05) is 0 Å². The van der Waals surface area contributed by atoms with Crippen LogP contribution in [-0.4, -0.2) is 0 Å². The number of para-hydroxylation sites is 2. The van der Waals surface area contributed by atoms with Gasteiger partial charge in [0, 0.05) is 42.1 Å². The Morgan fingerprint density at radius 3 is 1.91 bits per heavy atom. The van der Waals surface area contributed by atoms with Crippen LogP contribution in [0.15, 0.2) is 108 Å². The highest BCUT2D eigenvalue weighted by atomic mass is 32.1. The third-order valence-electron chi connectivity index (χ3n) is 6.58. The summed E-state index contributed by atoms with van der Waals surface area (Å²) in [6.45, 7) is 2.13. The van der Waals surface area contributed by atoms with Crippen molar-refractivity contribution in [3.63, 3.8) is 0 Å². The van der Waals surface area contributed by atoms with Crippen molar-refractivity contribution in [2.24, 2.45) is 0 Å². The summed E-state index contributed by atoms with van der Waals surface area (Å²) in [7, 11) is 0. The number of fused-ring (bicyclic) bond motifs is 6. The molecule has 0 saturated carbocycles. The normalized spacial score (nSPS) is 11.8. The maximum absolute atomic E-state index is 6.37. The van der Waals surface area contributed by atoms with Crippen LogP contribution in [0.3, 0.4) is 0 Å². The van der Waals surface area contributed by atoms with Gasteiger partial charge in [0.05, 0.1) is 0 Å². The molecule has 33 heavy (non-hydrogen) atoms. The Hall–Kier alpha value is -3.88. The summed E-state index contributed by atoms with van der Waals surface area (Å²) in [5, 5.41) is 4.95. The minimum atomic E-state index is 0.935. The Bertz CT molecular complexity index is 1820. The molecule has 1 nitrogen and oxygen atoms in total. The molecule has 0 saturated heterocycles. The van der Waals surface area contributed by atoms with Crippen molar-refractivity contribution in [3.8, 4) is 22.3 Å². The molecule has 0 amide bonds. The average Bonchev–Trinajstić information content (AvgIpc) is 3.43. The van der Waals surface area contributed by atoms with Crippen LogP contribution in [0.5, 0.6) is 0 Å². The van der Waals surface area contributed by atoms with Gasteiger partial charge in [-0.25, -0.2) is 0 Å². The van der Waals surface area contributed by atoms with Crippen LogP contribution in [0.25, 0.3) is 64.4 Å². The first kappa shape index (κ1) is 18.7. The van der Waals surface area contributed by atoms with E-state index in [1.54, 1.807) is 0 Å². The quantitative estimate of drug-likeness (QED) is 0.261. The summed E-state index contributed by atoms with van der Waals surface area (Å²) >= 11 is 1.88. The number of hydrogen-bond donors (Lipinski definition) is 0. The molecule has 0 bridgehead atoms. The summed E-state index contributed by atoms with van der Waals surface area (Å²) in [4.78, 5) is 0. The maximum atomic E-state index is 6.37. The Labute approximate surface area is 195 Å². The maximum Gasteiger partial charge on any atom is 0.143 e. The number of hydrogen-bond acceptors (Lipinski definition) is 2. The molecule has 0 radical (unpaired) electrons. The van der Waals surface area contributed by atoms with Gasteiger partial charge in [0.2, 0.25) is 0 Å². The van der Waals surface area contributed by atoms with E-state index in [0.717, 1.165) is 16.7 Å². The number of rotatable bonds is 2. The van der Waals surface area contributed by atoms with Crippen LogP contribution >= 0.6 is 11.3 Å². The fourth-order valence-electron chi connectivity index (χ4n) is 4.95. The molecule has 2 heterocycles. The third-order valence-corrected chi connectivity index (χ3v) is 7.87. The van der Waals surface area contributed by atoms with Gasteiger partial charge in [0.25, 0.3) is 0 Å². The standard InChI is InChI=1S/C31H20OS/c1-19-15-17-20(18-16-19)21-8-4-12-26-27-13-6-11-25(31(27)33-30(21)26)24-10-5-9-23-22-7-2-3-14-28(22)32-29(23)24/h2-18H,1H3. The van der Waals surface area contributed by atoms with E-state index in [1.807, 2.05) is 23.5 Å². The number of benzene rings is 5. The molecule has 0 atom stereocenters. The fraction of sp³-hybridized carbons (Fsp3) is 0.0323. The number of aryl methyl sites for hydroxylation is 1. The zero-order chi connectivity index (χ0) is 21.9. The third kappa shape index (κ3) is 2.78. The largest absolute Gasteiger partial charge is 0.455 e. The molecule has 7 aromatic rings. The molecule has 2 heteroatoms. The molecule has 0 aliphatic rings. The van der Waals surface area contributed by atoms with Gasteiger partial charge in [0.15, 0.2) is 0 Å². The number of thiophene rings is 1. The van der Waals surface area contributed by atoms with Gasteiger partial charge in [-0.05, 0) is 24.1 Å². The molecule has 2 aromatic heterocycles. The van der Waals surface area contributed by atoms with Crippen LogP contribution in [-0.2, 0) is 0 Å². The second-order valence-electron chi connectivity index (χ2n) is 8.61. The molecule has 156 valence electrons. The smallest absolute Gasteiger partial charge is 0.143 e. The topological polar surface area (TPSA) is 13.1 Å². The fourth-order valence-corrected chi connectivity index (χ4v) is 6.32. The van der Waals surface area contributed by atoms with Gasteiger partial charge in [-0.2, -0.15) is 0 Å². The predicted octanol–water partition coefficient (Wildman–Crippen LogP) is 9.60. The van der Waals surface area contributed by atoms with E-state index in [1.165, 1.54) is 53.2 Å². The first-order chi connectivity index (χ1) is 16.3. The van der Waals surface area contributed by atoms with Crippen LogP contribution in [0.2, 0.25) is 0 Å². The van der Waals surface area contributed by atoms with Crippen molar-refractivity contribution >= 4 is 53.4 Å². The molecule has 7 rings (SSSR count). The van der Waals surface area contributed by atoms with Crippen molar-refractivity contribution in [3.05, 3.63) is 109 Å². The molecule has 0 aliphatic heterocycles. The first-order valence-corrected chi connectivity index (χ1v) is 12.0. The second-order valence-corrected chi connectivity index (χ2v) is 9.63. The Morgan fingerprint density at radius 2 is 1.12 bits per heavy atom. The molecular weight excluding hydrogens is 420 g/mol. The molecular formula is C31H20OS. The monoisotopic (exact) mass is 440 g/mol. The molecule has 0 fully saturated rings. The molecule has 0 spiro atoms. The van der Waals surface area contributed by atoms with Crippen molar-refractivity contribution < 1.29 is 4.42 Å². The zero-order valence-electron chi connectivity index (χ0n) is 18.1. The van der Waals surface area contributed by atoms with E-state index in [4.69, 9.17) is 4.42 Å². The summed E-state index contributed by atoms with van der Waals surface area (Å²) in [6.07, 6.45) is 0. The lowest BCUT2D eigenvalue weighted by molar-refractivity contribution is 0.670. The molecule has 0 N–H and O–H groups in total. The predicted molar refractivity (Wildman–Crippen MR) is 142 cm³/mol. The van der Waals surface area contributed by atoms with Gasteiger partial charge in [-0.15, -0.1) is 11.3 Å². The highest BCUT2D eigenvalue weighted by molar-refractivity contribution is 7.26. The summed E-state index contributed by atoms with van der Waals surface area (Å²) in [6, 6.07) is 36.9. The van der Waals surface area contributed by atoms with E-state index in [2.05, 4.69) is 97.9 Å². The summed E-state index contributed by atoms with van der Waals surface area (Å²) in [5.74, 6) is 0. The van der Waals surface area contributed by atoms with Crippen molar-refractivity contribution in [2.45, 2.75) is 6.92 Å².